The molecule has 0 spiro atoms. The fraction of sp³-hybridized carbons (Fsp3) is 0.214. The lowest BCUT2D eigenvalue weighted by Crippen LogP contribution is -2.05. The van der Waals surface area contributed by atoms with Gasteiger partial charge < -0.3 is 4.98 Å². The number of nitriles is 1. The van der Waals surface area contributed by atoms with E-state index in [1.165, 1.54) is 12.3 Å². The second-order valence-corrected chi connectivity index (χ2v) is 4.12. The number of H-pyrrole nitrogens is 1. The van der Waals surface area contributed by atoms with Gasteiger partial charge in [0, 0.05) is 18.0 Å². The van der Waals surface area contributed by atoms with Crippen LogP contribution in [-0.4, -0.2) is 4.98 Å². The quantitative estimate of drug-likeness (QED) is 0.870. The number of alkyl halides is 3. The standard InChI is InChI=1S/C14H11F3N2/c1-2-9-3-4-11(14(15,16)17)5-12(9)13-8-19-7-10(13)6-18/h3-5,7-8,19H,2H2,1H3. The molecule has 2 rings (SSSR count). The number of nitrogens with one attached hydrogen (secondary N) is 1. The van der Waals surface area contributed by atoms with Crippen LogP contribution in [0.5, 0.6) is 0 Å². The van der Waals surface area contributed by atoms with Crippen molar-refractivity contribution in [2.24, 2.45) is 0 Å². The Balaban J connectivity index is 2.64. The van der Waals surface area contributed by atoms with E-state index in [9.17, 15) is 13.2 Å². The first-order chi connectivity index (χ1) is 8.97. The lowest BCUT2D eigenvalue weighted by atomic mass is 9.95. The van der Waals surface area contributed by atoms with Gasteiger partial charge in [0.05, 0.1) is 11.1 Å². The Labute approximate surface area is 108 Å². The van der Waals surface area contributed by atoms with Gasteiger partial charge in [0.1, 0.15) is 6.07 Å². The third kappa shape index (κ3) is 2.48. The topological polar surface area (TPSA) is 39.6 Å². The summed E-state index contributed by atoms with van der Waals surface area (Å²) in [6, 6.07) is 5.61. The summed E-state index contributed by atoms with van der Waals surface area (Å²) < 4.78 is 38.3. The van der Waals surface area contributed by atoms with Crippen molar-refractivity contribution < 1.29 is 13.2 Å². The third-order valence-corrected chi connectivity index (χ3v) is 2.97. The molecule has 0 bridgehead atoms. The summed E-state index contributed by atoms with van der Waals surface area (Å²) >= 11 is 0. The predicted molar refractivity (Wildman–Crippen MR) is 65.3 cm³/mol. The largest absolute Gasteiger partial charge is 0.416 e. The van der Waals surface area contributed by atoms with E-state index in [0.717, 1.165) is 17.7 Å². The molecule has 0 saturated heterocycles. The molecule has 2 aromatic rings. The Kier molecular flexibility index (Phi) is 3.34. The summed E-state index contributed by atoms with van der Waals surface area (Å²) in [5, 5.41) is 8.97. The highest BCUT2D eigenvalue weighted by Gasteiger charge is 2.31. The molecule has 98 valence electrons. The monoisotopic (exact) mass is 264 g/mol. The van der Waals surface area contributed by atoms with Gasteiger partial charge in [-0.15, -0.1) is 0 Å². The van der Waals surface area contributed by atoms with E-state index in [1.54, 1.807) is 6.20 Å². The van der Waals surface area contributed by atoms with Gasteiger partial charge in [-0.2, -0.15) is 18.4 Å². The molecule has 0 fully saturated rings. The Morgan fingerprint density at radius 2 is 1.95 bits per heavy atom. The maximum Gasteiger partial charge on any atom is 0.416 e. The normalized spacial score (nSPS) is 11.3. The second-order valence-electron chi connectivity index (χ2n) is 4.12. The fourth-order valence-corrected chi connectivity index (χ4v) is 1.99. The zero-order chi connectivity index (χ0) is 14.0. The van der Waals surface area contributed by atoms with E-state index in [1.807, 2.05) is 13.0 Å². The first kappa shape index (κ1) is 13.2. The van der Waals surface area contributed by atoms with Gasteiger partial charge in [-0.25, -0.2) is 0 Å². The summed E-state index contributed by atoms with van der Waals surface area (Å²) in [4.78, 5) is 2.75. The molecule has 0 atom stereocenters. The number of aryl methyl sites for hydroxylation is 1. The van der Waals surface area contributed by atoms with Gasteiger partial charge in [-0.3, -0.25) is 0 Å². The Morgan fingerprint density at radius 3 is 2.53 bits per heavy atom. The number of rotatable bonds is 2. The average molecular weight is 264 g/mol. The van der Waals surface area contributed by atoms with E-state index in [0.29, 0.717) is 23.1 Å². The fourth-order valence-electron chi connectivity index (χ4n) is 1.99. The predicted octanol–water partition coefficient (Wildman–Crippen LogP) is 4.13. The van der Waals surface area contributed by atoms with Crippen LogP contribution in [0.1, 0.15) is 23.6 Å². The van der Waals surface area contributed by atoms with Crippen LogP contribution in [0, 0.1) is 11.3 Å². The minimum Gasteiger partial charge on any atom is -0.366 e. The van der Waals surface area contributed by atoms with Crippen molar-refractivity contribution >= 4 is 0 Å². The first-order valence-corrected chi connectivity index (χ1v) is 5.74. The molecule has 0 amide bonds. The SMILES string of the molecule is CCc1ccc(C(F)(F)F)cc1-c1c[nH]cc1C#N. The zero-order valence-corrected chi connectivity index (χ0v) is 10.2. The molecule has 0 radical (unpaired) electrons. The van der Waals surface area contributed by atoms with Crippen LogP contribution in [0.25, 0.3) is 11.1 Å². The minimum atomic E-state index is -4.38. The average Bonchev–Trinajstić information content (AvgIpc) is 2.85. The molecule has 5 heteroatoms. The van der Waals surface area contributed by atoms with Crippen molar-refractivity contribution in [2.45, 2.75) is 19.5 Å². The van der Waals surface area contributed by atoms with Crippen LogP contribution in [0.15, 0.2) is 30.6 Å². The smallest absolute Gasteiger partial charge is 0.366 e. The molecule has 0 aliphatic carbocycles. The van der Waals surface area contributed by atoms with Crippen molar-refractivity contribution in [3.8, 4) is 17.2 Å². The number of aromatic amines is 1. The minimum absolute atomic E-state index is 0.342. The summed E-state index contributed by atoms with van der Waals surface area (Å²) in [5.41, 5.74) is 1.38. The number of hydrogen-bond acceptors (Lipinski definition) is 1. The summed E-state index contributed by atoms with van der Waals surface area (Å²) in [6.07, 6.45) is -0.754. The lowest BCUT2D eigenvalue weighted by Gasteiger charge is -2.12. The van der Waals surface area contributed by atoms with Crippen LogP contribution in [-0.2, 0) is 12.6 Å². The van der Waals surface area contributed by atoms with Crippen molar-refractivity contribution in [1.82, 2.24) is 4.98 Å². The number of nitrogens with zero attached hydrogens (tertiary/aromatic N) is 1. The summed E-state index contributed by atoms with van der Waals surface area (Å²) in [5.74, 6) is 0. The van der Waals surface area contributed by atoms with Gasteiger partial charge >= 0.3 is 6.18 Å². The van der Waals surface area contributed by atoms with Crippen molar-refractivity contribution in [3.05, 3.63) is 47.3 Å². The van der Waals surface area contributed by atoms with Gasteiger partial charge in [-0.1, -0.05) is 13.0 Å². The van der Waals surface area contributed by atoms with Gasteiger partial charge in [0.2, 0.25) is 0 Å². The molecule has 1 aromatic carbocycles. The molecule has 0 saturated carbocycles. The number of aromatic nitrogens is 1. The number of benzene rings is 1. The molecule has 0 aliphatic heterocycles. The van der Waals surface area contributed by atoms with Crippen LogP contribution >= 0.6 is 0 Å². The van der Waals surface area contributed by atoms with Crippen molar-refractivity contribution in [3.63, 3.8) is 0 Å². The van der Waals surface area contributed by atoms with E-state index < -0.39 is 11.7 Å². The molecular formula is C14H11F3N2. The molecule has 1 aromatic heterocycles. The van der Waals surface area contributed by atoms with E-state index >= 15 is 0 Å². The molecular weight excluding hydrogens is 253 g/mol. The highest BCUT2D eigenvalue weighted by atomic mass is 19.4. The van der Waals surface area contributed by atoms with E-state index in [4.69, 9.17) is 5.26 Å². The maximum atomic E-state index is 12.8. The number of hydrogen-bond donors (Lipinski definition) is 1. The summed E-state index contributed by atoms with van der Waals surface area (Å²) in [6.45, 7) is 1.87. The Hall–Kier alpha value is -2.22. The van der Waals surface area contributed by atoms with E-state index in [-0.39, 0.29) is 0 Å². The van der Waals surface area contributed by atoms with Crippen molar-refractivity contribution in [1.29, 1.82) is 5.26 Å². The molecule has 0 aliphatic rings. The number of halogens is 3. The van der Waals surface area contributed by atoms with Crippen LogP contribution < -0.4 is 0 Å². The van der Waals surface area contributed by atoms with Crippen molar-refractivity contribution in [2.75, 3.05) is 0 Å². The maximum absolute atomic E-state index is 12.8. The molecule has 2 nitrogen and oxygen atoms in total. The van der Waals surface area contributed by atoms with Crippen LogP contribution in [0.3, 0.4) is 0 Å². The zero-order valence-electron chi connectivity index (χ0n) is 10.2. The molecule has 19 heavy (non-hydrogen) atoms. The van der Waals surface area contributed by atoms with Crippen LogP contribution in [0.2, 0.25) is 0 Å². The van der Waals surface area contributed by atoms with Gasteiger partial charge in [0.25, 0.3) is 0 Å². The second kappa shape index (κ2) is 4.81. The van der Waals surface area contributed by atoms with E-state index in [2.05, 4.69) is 4.98 Å². The molecule has 1 N–H and O–H groups in total. The molecule has 1 heterocycles. The third-order valence-electron chi connectivity index (χ3n) is 2.97. The highest BCUT2D eigenvalue weighted by Crippen LogP contribution is 2.35. The van der Waals surface area contributed by atoms with Gasteiger partial charge in [0.15, 0.2) is 0 Å². The molecule has 0 unspecified atom stereocenters. The Morgan fingerprint density at radius 1 is 1.21 bits per heavy atom. The summed E-state index contributed by atoms with van der Waals surface area (Å²) in [7, 11) is 0. The highest BCUT2D eigenvalue weighted by molar-refractivity contribution is 5.73. The van der Waals surface area contributed by atoms with Crippen LogP contribution in [0.4, 0.5) is 13.2 Å². The Bertz CT molecular complexity index is 633. The van der Waals surface area contributed by atoms with Gasteiger partial charge in [-0.05, 0) is 29.7 Å². The lowest BCUT2D eigenvalue weighted by molar-refractivity contribution is -0.137. The first-order valence-electron chi connectivity index (χ1n) is 5.74.